The van der Waals surface area contributed by atoms with Crippen molar-refractivity contribution in [2.24, 2.45) is 4.99 Å². The number of nitrogens with zero attached hydrogens (tertiary/aromatic N) is 2. The molecule has 26 heavy (non-hydrogen) atoms. The van der Waals surface area contributed by atoms with Crippen LogP contribution < -0.4 is 4.74 Å². The van der Waals surface area contributed by atoms with Crippen LogP contribution in [0.2, 0.25) is 0 Å². The van der Waals surface area contributed by atoms with Gasteiger partial charge >= 0.3 is 0 Å². The quantitative estimate of drug-likeness (QED) is 0.615. The van der Waals surface area contributed by atoms with E-state index in [1.165, 1.54) is 6.07 Å². The van der Waals surface area contributed by atoms with Gasteiger partial charge in [0.15, 0.2) is 0 Å². The minimum Gasteiger partial charge on any atom is -0.493 e. The number of benzene rings is 1. The van der Waals surface area contributed by atoms with Crippen molar-refractivity contribution in [2.45, 2.75) is 39.0 Å². The number of aromatic nitrogens is 1. The zero-order valence-corrected chi connectivity index (χ0v) is 14.7. The number of hydrogen-bond donors (Lipinski definition) is 0. The number of hydrogen-bond acceptors (Lipinski definition) is 5. The van der Waals surface area contributed by atoms with Crippen molar-refractivity contribution in [1.82, 2.24) is 5.16 Å². The van der Waals surface area contributed by atoms with Crippen LogP contribution >= 0.6 is 0 Å². The smallest absolute Gasteiger partial charge is 0.267 e. The van der Waals surface area contributed by atoms with E-state index in [0.717, 1.165) is 37.1 Å². The summed E-state index contributed by atoms with van der Waals surface area (Å²) < 4.78 is 42.7. The summed E-state index contributed by atoms with van der Waals surface area (Å²) in [5.41, 5.74) is 1.31. The highest BCUT2D eigenvalue weighted by atomic mass is 19.3. The Morgan fingerprint density at radius 3 is 2.77 bits per heavy atom. The molecular weight excluding hydrogens is 342 g/mol. The van der Waals surface area contributed by atoms with E-state index >= 15 is 0 Å². The number of aliphatic imine (C=N–C) groups is 1. The number of aryl methyl sites for hydroxylation is 2. The first-order valence-electron chi connectivity index (χ1n) is 8.78. The second kappa shape index (κ2) is 8.78. The van der Waals surface area contributed by atoms with Crippen LogP contribution in [0.1, 0.15) is 48.3 Å². The molecule has 0 saturated heterocycles. The van der Waals surface area contributed by atoms with Crippen LogP contribution in [0, 0.1) is 6.92 Å². The molecule has 0 radical (unpaired) electrons. The average Bonchev–Trinajstić information content (AvgIpc) is 3.30. The zero-order chi connectivity index (χ0) is 18.4. The first kappa shape index (κ1) is 18.4. The highest BCUT2D eigenvalue weighted by Gasteiger charge is 2.18. The molecule has 0 spiro atoms. The van der Waals surface area contributed by atoms with Crippen molar-refractivity contribution in [1.29, 1.82) is 0 Å². The fraction of sp³-hybridized carbons (Fsp3) is 0.474. The Bertz CT molecular complexity index is 759. The van der Waals surface area contributed by atoms with Crippen LogP contribution in [0.3, 0.4) is 0 Å². The van der Waals surface area contributed by atoms with Gasteiger partial charge < -0.3 is 14.0 Å². The maximum atomic E-state index is 13.3. The second-order valence-corrected chi connectivity index (χ2v) is 6.18. The van der Waals surface area contributed by atoms with Crippen molar-refractivity contribution in [3.63, 3.8) is 0 Å². The Kier molecular flexibility index (Phi) is 6.20. The summed E-state index contributed by atoms with van der Waals surface area (Å²) in [6.07, 6.45) is 0.858. The molecule has 0 bridgehead atoms. The van der Waals surface area contributed by atoms with Gasteiger partial charge in [0.1, 0.15) is 18.1 Å². The Morgan fingerprint density at radius 2 is 2.08 bits per heavy atom. The highest BCUT2D eigenvalue weighted by Crippen LogP contribution is 2.31. The third kappa shape index (κ3) is 4.80. The summed E-state index contributed by atoms with van der Waals surface area (Å²) in [4.78, 5) is 4.16. The van der Waals surface area contributed by atoms with Crippen molar-refractivity contribution in [3.05, 3.63) is 46.8 Å². The van der Waals surface area contributed by atoms with Gasteiger partial charge in [-0.15, -0.1) is 0 Å². The van der Waals surface area contributed by atoms with Gasteiger partial charge in [-0.1, -0.05) is 5.16 Å². The maximum absolute atomic E-state index is 13.3. The van der Waals surface area contributed by atoms with E-state index in [0.29, 0.717) is 31.2 Å². The van der Waals surface area contributed by atoms with Gasteiger partial charge in [0.05, 0.1) is 24.4 Å². The molecule has 0 fully saturated rings. The van der Waals surface area contributed by atoms with Crippen LogP contribution in [0.5, 0.6) is 5.75 Å². The predicted octanol–water partition coefficient (Wildman–Crippen LogP) is 4.49. The lowest BCUT2D eigenvalue weighted by atomic mass is 10.1. The number of halogens is 2. The van der Waals surface area contributed by atoms with Crippen molar-refractivity contribution < 1.29 is 22.8 Å². The van der Waals surface area contributed by atoms with Crippen molar-refractivity contribution >= 4 is 5.90 Å². The Labute approximate surface area is 151 Å². The Morgan fingerprint density at radius 1 is 1.19 bits per heavy atom. The topological polar surface area (TPSA) is 56.9 Å². The van der Waals surface area contributed by atoms with Crippen LogP contribution in [0.25, 0.3) is 0 Å². The first-order valence-corrected chi connectivity index (χ1v) is 8.78. The first-order chi connectivity index (χ1) is 12.6. The summed E-state index contributed by atoms with van der Waals surface area (Å²) in [6, 6.07) is 6.59. The molecule has 2 heterocycles. The molecule has 1 aromatic carbocycles. The van der Waals surface area contributed by atoms with Gasteiger partial charge in [0.2, 0.25) is 5.90 Å². The van der Waals surface area contributed by atoms with Crippen molar-refractivity contribution in [2.75, 3.05) is 19.8 Å². The Balaban J connectivity index is 1.47. The van der Waals surface area contributed by atoms with E-state index in [1.807, 2.05) is 13.0 Å². The van der Waals surface area contributed by atoms with E-state index < -0.39 is 6.43 Å². The minimum atomic E-state index is -2.61. The summed E-state index contributed by atoms with van der Waals surface area (Å²) in [5, 5.41) is 3.85. The number of rotatable bonds is 9. The molecule has 2 aromatic rings. The molecule has 0 aliphatic carbocycles. The monoisotopic (exact) mass is 364 g/mol. The molecule has 0 saturated carbocycles. The summed E-state index contributed by atoms with van der Waals surface area (Å²) in [6.45, 7) is 3.33. The zero-order valence-electron chi connectivity index (χ0n) is 14.7. The molecule has 0 N–H and O–H groups in total. The summed E-state index contributed by atoms with van der Waals surface area (Å²) >= 11 is 0. The lowest BCUT2D eigenvalue weighted by Crippen LogP contribution is -2.05. The predicted molar refractivity (Wildman–Crippen MR) is 93.0 cm³/mol. The molecule has 0 amide bonds. The standard InChI is InChI=1S/C19H22F2N2O3/c1-13-11-15(26-23-13)5-3-2-4-9-24-17-7-6-14(12-16(17)18(20)21)19-22-8-10-25-19/h6-7,11-12,18H,2-5,8-10H2,1H3. The van der Waals surface area contributed by atoms with E-state index in [-0.39, 0.29) is 11.3 Å². The summed E-state index contributed by atoms with van der Waals surface area (Å²) in [5.74, 6) is 1.50. The number of unbranched alkanes of at least 4 members (excludes halogenated alkanes) is 2. The van der Waals surface area contributed by atoms with Gasteiger partial charge in [-0.05, 0) is 44.4 Å². The molecule has 7 heteroatoms. The molecule has 3 rings (SSSR count). The molecule has 0 unspecified atom stereocenters. The normalized spacial score (nSPS) is 13.8. The molecule has 140 valence electrons. The molecule has 1 aromatic heterocycles. The number of ether oxygens (including phenoxy) is 2. The molecule has 1 aliphatic rings. The summed E-state index contributed by atoms with van der Waals surface area (Å²) in [7, 11) is 0. The van der Waals surface area contributed by atoms with E-state index in [9.17, 15) is 8.78 Å². The third-order valence-corrected chi connectivity index (χ3v) is 4.08. The lowest BCUT2D eigenvalue weighted by Gasteiger charge is -2.12. The molecule has 5 nitrogen and oxygen atoms in total. The highest BCUT2D eigenvalue weighted by molar-refractivity contribution is 5.95. The van der Waals surface area contributed by atoms with Gasteiger partial charge in [0, 0.05) is 18.1 Å². The maximum Gasteiger partial charge on any atom is 0.267 e. The van der Waals surface area contributed by atoms with Crippen LogP contribution in [-0.4, -0.2) is 30.8 Å². The fourth-order valence-electron chi connectivity index (χ4n) is 2.79. The van der Waals surface area contributed by atoms with Gasteiger partial charge in [0.25, 0.3) is 6.43 Å². The van der Waals surface area contributed by atoms with Gasteiger partial charge in [-0.2, -0.15) is 0 Å². The lowest BCUT2D eigenvalue weighted by molar-refractivity contribution is 0.145. The molecular formula is C19H22F2N2O3. The van der Waals surface area contributed by atoms with Gasteiger partial charge in [-0.25, -0.2) is 13.8 Å². The van der Waals surface area contributed by atoms with Crippen molar-refractivity contribution in [3.8, 4) is 5.75 Å². The SMILES string of the molecule is Cc1cc(CCCCCOc2ccc(C3=NCCO3)cc2C(F)F)on1. The molecule has 0 atom stereocenters. The molecule has 1 aliphatic heterocycles. The minimum absolute atomic E-state index is 0.127. The van der Waals surface area contributed by atoms with Crippen LogP contribution in [0.4, 0.5) is 8.78 Å². The third-order valence-electron chi connectivity index (χ3n) is 4.08. The fourth-order valence-corrected chi connectivity index (χ4v) is 2.79. The number of alkyl halides is 2. The second-order valence-electron chi connectivity index (χ2n) is 6.18. The van der Waals surface area contributed by atoms with E-state index in [2.05, 4.69) is 10.1 Å². The van der Waals surface area contributed by atoms with Crippen LogP contribution in [0.15, 0.2) is 33.8 Å². The van der Waals surface area contributed by atoms with E-state index in [1.54, 1.807) is 12.1 Å². The van der Waals surface area contributed by atoms with Gasteiger partial charge in [-0.3, -0.25) is 0 Å². The average molecular weight is 364 g/mol. The van der Waals surface area contributed by atoms with E-state index in [4.69, 9.17) is 14.0 Å². The van der Waals surface area contributed by atoms with Crippen LogP contribution in [-0.2, 0) is 11.2 Å². The largest absolute Gasteiger partial charge is 0.493 e. The Hall–Kier alpha value is -2.44.